The van der Waals surface area contributed by atoms with E-state index in [-0.39, 0.29) is 5.54 Å². The van der Waals surface area contributed by atoms with E-state index in [0.29, 0.717) is 12.4 Å². The number of thioether (sulfide) groups is 1. The van der Waals surface area contributed by atoms with Gasteiger partial charge in [0.25, 0.3) is 0 Å². The summed E-state index contributed by atoms with van der Waals surface area (Å²) in [6.45, 7) is 8.81. The Kier molecular flexibility index (Phi) is 3.47. The number of aliphatic imine (C=N–C) groups is 1. The van der Waals surface area contributed by atoms with Gasteiger partial charge in [0.15, 0.2) is 5.17 Å². The molecule has 1 fully saturated rings. The van der Waals surface area contributed by atoms with E-state index in [1.54, 1.807) is 11.8 Å². The van der Waals surface area contributed by atoms with Crippen LogP contribution in [0.3, 0.4) is 0 Å². The van der Waals surface area contributed by atoms with Crippen molar-refractivity contribution in [1.29, 1.82) is 0 Å². The number of aromatic nitrogens is 1. The SMILES string of the molecule is CCC1(C)CSC(=NCc2nc(C)c(C)o2)N1. The minimum absolute atomic E-state index is 0.186. The fourth-order valence-electron chi connectivity index (χ4n) is 1.58. The van der Waals surface area contributed by atoms with E-state index in [1.165, 1.54) is 0 Å². The molecule has 1 aliphatic heterocycles. The zero-order valence-electron chi connectivity index (χ0n) is 10.8. The van der Waals surface area contributed by atoms with E-state index in [4.69, 9.17) is 4.42 Å². The average Bonchev–Trinajstić information content (AvgIpc) is 2.82. The lowest BCUT2D eigenvalue weighted by Crippen LogP contribution is -2.39. The number of nitrogens with one attached hydrogen (secondary N) is 1. The fourth-order valence-corrected chi connectivity index (χ4v) is 2.79. The van der Waals surface area contributed by atoms with Crippen LogP contribution in [0.2, 0.25) is 0 Å². The topological polar surface area (TPSA) is 50.4 Å². The summed E-state index contributed by atoms with van der Waals surface area (Å²) in [5, 5.41) is 4.45. The van der Waals surface area contributed by atoms with Crippen molar-refractivity contribution in [2.45, 2.75) is 46.2 Å². The minimum Gasteiger partial charge on any atom is -0.444 e. The largest absolute Gasteiger partial charge is 0.444 e. The lowest BCUT2D eigenvalue weighted by Gasteiger charge is -2.20. The molecule has 2 heterocycles. The zero-order chi connectivity index (χ0) is 12.5. The number of aryl methyl sites for hydroxylation is 2. The van der Waals surface area contributed by atoms with Crippen molar-refractivity contribution in [3.8, 4) is 0 Å². The molecule has 0 amide bonds. The smallest absolute Gasteiger partial charge is 0.216 e. The summed E-state index contributed by atoms with van der Waals surface area (Å²) in [5.41, 5.74) is 1.14. The third-order valence-electron chi connectivity index (χ3n) is 3.15. The van der Waals surface area contributed by atoms with Gasteiger partial charge in [0, 0.05) is 11.3 Å². The van der Waals surface area contributed by atoms with Gasteiger partial charge in [0.1, 0.15) is 12.3 Å². The summed E-state index contributed by atoms with van der Waals surface area (Å²) in [6.07, 6.45) is 1.11. The third-order valence-corrected chi connectivity index (χ3v) is 4.43. The maximum Gasteiger partial charge on any atom is 0.216 e. The van der Waals surface area contributed by atoms with Gasteiger partial charge in [0.05, 0.1) is 5.69 Å². The van der Waals surface area contributed by atoms with Crippen molar-refractivity contribution >= 4 is 16.9 Å². The van der Waals surface area contributed by atoms with Crippen LogP contribution in [-0.4, -0.2) is 21.4 Å². The monoisotopic (exact) mass is 253 g/mol. The maximum absolute atomic E-state index is 5.50. The Bertz CT molecular complexity index is 421. The summed E-state index contributed by atoms with van der Waals surface area (Å²) in [5.74, 6) is 2.65. The highest BCUT2D eigenvalue weighted by Crippen LogP contribution is 2.25. The number of amidine groups is 1. The molecule has 0 bridgehead atoms. The first-order chi connectivity index (χ1) is 8.02. The minimum atomic E-state index is 0.186. The van der Waals surface area contributed by atoms with Gasteiger partial charge in [0.2, 0.25) is 5.89 Å². The second kappa shape index (κ2) is 4.72. The highest BCUT2D eigenvalue weighted by molar-refractivity contribution is 8.14. The molecule has 94 valence electrons. The highest BCUT2D eigenvalue weighted by Gasteiger charge is 2.30. The van der Waals surface area contributed by atoms with E-state index >= 15 is 0 Å². The number of hydrogen-bond acceptors (Lipinski definition) is 4. The zero-order valence-corrected chi connectivity index (χ0v) is 11.6. The fraction of sp³-hybridized carbons (Fsp3) is 0.667. The van der Waals surface area contributed by atoms with Crippen LogP contribution >= 0.6 is 11.8 Å². The Morgan fingerprint density at radius 1 is 1.53 bits per heavy atom. The van der Waals surface area contributed by atoms with Crippen LogP contribution in [0.4, 0.5) is 0 Å². The van der Waals surface area contributed by atoms with Crippen LogP contribution in [0, 0.1) is 13.8 Å². The van der Waals surface area contributed by atoms with Crippen LogP contribution in [0.25, 0.3) is 0 Å². The quantitative estimate of drug-likeness (QED) is 0.899. The Labute approximate surface area is 106 Å². The molecule has 4 nitrogen and oxygen atoms in total. The molecule has 1 aromatic rings. The van der Waals surface area contributed by atoms with E-state index in [1.807, 2.05) is 13.8 Å². The molecule has 2 rings (SSSR count). The summed E-state index contributed by atoms with van der Waals surface area (Å²) >= 11 is 1.77. The van der Waals surface area contributed by atoms with Crippen LogP contribution in [0.1, 0.15) is 37.6 Å². The summed E-state index contributed by atoms with van der Waals surface area (Å²) in [7, 11) is 0. The number of oxazole rings is 1. The van der Waals surface area contributed by atoms with Crippen molar-refractivity contribution in [2.24, 2.45) is 4.99 Å². The molecule has 0 radical (unpaired) electrons. The summed E-state index contributed by atoms with van der Waals surface area (Å²) < 4.78 is 5.50. The van der Waals surface area contributed by atoms with Gasteiger partial charge in [-0.25, -0.2) is 4.98 Å². The van der Waals surface area contributed by atoms with Gasteiger partial charge in [-0.05, 0) is 27.2 Å². The van der Waals surface area contributed by atoms with Crippen molar-refractivity contribution in [3.63, 3.8) is 0 Å². The molecule has 1 aromatic heterocycles. The second-order valence-corrected chi connectivity index (χ2v) is 5.66. The summed E-state index contributed by atoms with van der Waals surface area (Å²) in [4.78, 5) is 8.82. The Morgan fingerprint density at radius 2 is 2.29 bits per heavy atom. The van der Waals surface area contributed by atoms with E-state index in [9.17, 15) is 0 Å². The molecular formula is C12H19N3OS. The van der Waals surface area contributed by atoms with E-state index < -0.39 is 0 Å². The molecule has 1 saturated heterocycles. The Morgan fingerprint density at radius 3 is 2.82 bits per heavy atom. The molecule has 1 atom stereocenters. The molecule has 17 heavy (non-hydrogen) atoms. The average molecular weight is 253 g/mol. The predicted molar refractivity (Wildman–Crippen MR) is 71.4 cm³/mol. The van der Waals surface area contributed by atoms with Gasteiger partial charge in [-0.3, -0.25) is 4.99 Å². The maximum atomic E-state index is 5.50. The standard InChI is InChI=1S/C12H19N3OS/c1-5-12(4)7-17-11(15-12)13-6-10-14-8(2)9(3)16-10/h5-7H2,1-4H3,(H,13,15). The molecule has 0 saturated carbocycles. The molecule has 0 aromatic carbocycles. The Balaban J connectivity index is 1.98. The molecule has 1 unspecified atom stereocenters. The molecule has 5 heteroatoms. The van der Waals surface area contributed by atoms with Crippen molar-refractivity contribution < 1.29 is 4.42 Å². The third kappa shape index (κ3) is 2.83. The number of nitrogens with zero attached hydrogens (tertiary/aromatic N) is 2. The highest BCUT2D eigenvalue weighted by atomic mass is 32.2. The van der Waals surface area contributed by atoms with Gasteiger partial charge in [-0.15, -0.1) is 0 Å². The first-order valence-electron chi connectivity index (χ1n) is 5.91. The number of rotatable bonds is 3. The first-order valence-corrected chi connectivity index (χ1v) is 6.89. The first kappa shape index (κ1) is 12.5. The lowest BCUT2D eigenvalue weighted by atomic mass is 10.0. The van der Waals surface area contributed by atoms with Gasteiger partial charge < -0.3 is 9.73 Å². The normalized spacial score (nSPS) is 26.5. The Hall–Kier alpha value is -0.970. The van der Waals surface area contributed by atoms with E-state index in [0.717, 1.165) is 28.8 Å². The molecule has 0 aliphatic carbocycles. The second-order valence-electron chi connectivity index (χ2n) is 4.70. The van der Waals surface area contributed by atoms with Crippen molar-refractivity contribution in [2.75, 3.05) is 5.75 Å². The van der Waals surface area contributed by atoms with Crippen molar-refractivity contribution in [1.82, 2.24) is 10.3 Å². The van der Waals surface area contributed by atoms with Crippen LogP contribution in [-0.2, 0) is 6.54 Å². The van der Waals surface area contributed by atoms with Crippen LogP contribution in [0.5, 0.6) is 0 Å². The van der Waals surface area contributed by atoms with Crippen LogP contribution < -0.4 is 5.32 Å². The molecule has 1 aliphatic rings. The van der Waals surface area contributed by atoms with Gasteiger partial charge in [-0.2, -0.15) is 0 Å². The van der Waals surface area contributed by atoms with Crippen LogP contribution in [0.15, 0.2) is 9.41 Å². The van der Waals surface area contributed by atoms with Gasteiger partial charge >= 0.3 is 0 Å². The molecule has 1 N–H and O–H groups in total. The van der Waals surface area contributed by atoms with Crippen molar-refractivity contribution in [3.05, 3.63) is 17.3 Å². The van der Waals surface area contributed by atoms with E-state index in [2.05, 4.69) is 29.1 Å². The van der Waals surface area contributed by atoms with Gasteiger partial charge in [-0.1, -0.05) is 18.7 Å². The summed E-state index contributed by atoms with van der Waals surface area (Å²) in [6, 6.07) is 0. The molecular weight excluding hydrogens is 234 g/mol. The lowest BCUT2D eigenvalue weighted by molar-refractivity contribution is 0.461. The number of hydrogen-bond donors (Lipinski definition) is 1. The predicted octanol–water partition coefficient (Wildman–Crippen LogP) is 2.65. The molecule has 0 spiro atoms.